The summed E-state index contributed by atoms with van der Waals surface area (Å²) < 4.78 is 10.5. The number of nitrogens with zero attached hydrogens (tertiary/aromatic N) is 2. The highest BCUT2D eigenvalue weighted by Crippen LogP contribution is 2.29. The van der Waals surface area contributed by atoms with Gasteiger partial charge >= 0.3 is 0 Å². The molecule has 3 rings (SSSR count). The Kier molecular flexibility index (Phi) is 8.36. The Balaban J connectivity index is 1.67. The van der Waals surface area contributed by atoms with Crippen molar-refractivity contribution in [3.05, 3.63) is 101 Å². The van der Waals surface area contributed by atoms with Crippen molar-refractivity contribution < 1.29 is 9.30 Å². The predicted molar refractivity (Wildman–Crippen MR) is 119 cm³/mol. The number of benzene rings is 2. The van der Waals surface area contributed by atoms with Crippen LogP contribution in [0, 0.1) is 0 Å². The second-order valence-electron chi connectivity index (χ2n) is 6.97. The number of imidazole rings is 1. The number of rotatable bonds is 10. The molecule has 3 nitrogen and oxygen atoms in total. The minimum Gasteiger partial charge on any atom is -0.369 e. The minimum absolute atomic E-state index is 0.139. The van der Waals surface area contributed by atoms with Crippen molar-refractivity contribution in [2.75, 3.05) is 6.61 Å². The van der Waals surface area contributed by atoms with Gasteiger partial charge in [-0.2, -0.15) is 0 Å². The van der Waals surface area contributed by atoms with E-state index in [-0.39, 0.29) is 6.10 Å². The predicted octanol–water partition coefficient (Wildman–Crippen LogP) is 6.05. The Morgan fingerprint density at radius 2 is 1.97 bits per heavy atom. The van der Waals surface area contributed by atoms with Crippen LogP contribution in [0.1, 0.15) is 30.6 Å². The summed E-state index contributed by atoms with van der Waals surface area (Å²) in [5, 5.41) is 1.27. The molecule has 0 radical (unpaired) electrons. The third-order valence-corrected chi connectivity index (χ3v) is 5.34. The maximum Gasteiger partial charge on any atom is 0.243 e. The van der Waals surface area contributed by atoms with Gasteiger partial charge in [-0.3, -0.25) is 0 Å². The zero-order valence-corrected chi connectivity index (χ0v) is 18.2. The average molecular weight is 430 g/mol. The first-order chi connectivity index (χ1) is 14.2. The number of halogens is 2. The van der Waals surface area contributed by atoms with Crippen LogP contribution in [-0.4, -0.2) is 11.2 Å². The highest BCUT2D eigenvalue weighted by Gasteiger charge is 2.19. The molecule has 0 aliphatic carbocycles. The van der Waals surface area contributed by atoms with Crippen molar-refractivity contribution >= 4 is 23.2 Å². The summed E-state index contributed by atoms with van der Waals surface area (Å²) >= 11 is 12.5. The van der Waals surface area contributed by atoms with Gasteiger partial charge in [-0.25, -0.2) is 9.13 Å². The minimum atomic E-state index is -0.139. The molecule has 1 unspecified atom stereocenters. The van der Waals surface area contributed by atoms with Crippen LogP contribution in [0.15, 0.2) is 79.4 Å². The molecule has 0 amide bonds. The number of allylic oxidation sites excluding steroid dienone is 1. The Morgan fingerprint density at radius 1 is 1.14 bits per heavy atom. The highest BCUT2D eigenvalue weighted by molar-refractivity contribution is 6.35. The first kappa shape index (κ1) is 21.6. The normalized spacial score (nSPS) is 12.5. The van der Waals surface area contributed by atoms with E-state index in [1.807, 2.05) is 31.2 Å². The number of aromatic nitrogens is 2. The number of aryl methyl sites for hydroxylation is 2. The van der Waals surface area contributed by atoms with E-state index in [0.717, 1.165) is 24.9 Å². The smallest absolute Gasteiger partial charge is 0.243 e. The van der Waals surface area contributed by atoms with E-state index in [4.69, 9.17) is 27.9 Å². The van der Waals surface area contributed by atoms with Gasteiger partial charge in [-0.15, -0.1) is 0 Å². The van der Waals surface area contributed by atoms with Gasteiger partial charge in [0.25, 0.3) is 0 Å². The molecule has 1 atom stereocenters. The summed E-state index contributed by atoms with van der Waals surface area (Å²) in [7, 11) is 0. The van der Waals surface area contributed by atoms with Crippen molar-refractivity contribution in [1.29, 1.82) is 0 Å². The fourth-order valence-electron chi connectivity index (χ4n) is 3.22. The van der Waals surface area contributed by atoms with E-state index in [9.17, 15) is 0 Å². The molecule has 0 saturated heterocycles. The maximum absolute atomic E-state index is 6.46. The zero-order valence-electron chi connectivity index (χ0n) is 16.7. The molecular weight excluding hydrogens is 403 g/mol. The second kappa shape index (κ2) is 11.2. The molecule has 0 fully saturated rings. The quantitative estimate of drug-likeness (QED) is 0.218. The molecule has 0 spiro atoms. The number of hydrogen-bond acceptors (Lipinski definition) is 1. The molecule has 0 bridgehead atoms. The molecule has 1 aromatic heterocycles. The second-order valence-corrected chi connectivity index (χ2v) is 7.81. The van der Waals surface area contributed by atoms with E-state index < -0.39 is 0 Å². The summed E-state index contributed by atoms with van der Waals surface area (Å²) in [6.45, 7) is 4.28. The molecule has 0 aliphatic heterocycles. The molecule has 0 N–H and O–H groups in total. The van der Waals surface area contributed by atoms with E-state index in [0.29, 0.717) is 23.2 Å². The van der Waals surface area contributed by atoms with Crippen LogP contribution >= 0.6 is 23.2 Å². The summed E-state index contributed by atoms with van der Waals surface area (Å²) in [4.78, 5) is 0. The van der Waals surface area contributed by atoms with Gasteiger partial charge < -0.3 is 4.74 Å². The fraction of sp³-hybridized carbons (Fsp3) is 0.292. The maximum atomic E-state index is 6.46. The van der Waals surface area contributed by atoms with Crippen molar-refractivity contribution in [2.45, 2.75) is 39.0 Å². The van der Waals surface area contributed by atoms with Crippen LogP contribution in [0.5, 0.6) is 0 Å². The lowest BCUT2D eigenvalue weighted by Gasteiger charge is -2.18. The van der Waals surface area contributed by atoms with Gasteiger partial charge in [-0.05, 0) is 31.0 Å². The third-order valence-electron chi connectivity index (χ3n) is 4.77. The van der Waals surface area contributed by atoms with Crippen molar-refractivity contribution in [2.24, 2.45) is 0 Å². The Bertz CT molecular complexity index is 922. The Labute approximate surface area is 183 Å². The lowest BCUT2D eigenvalue weighted by molar-refractivity contribution is -0.704. The van der Waals surface area contributed by atoms with Crippen molar-refractivity contribution in [3.63, 3.8) is 0 Å². The van der Waals surface area contributed by atoms with E-state index in [1.165, 1.54) is 5.56 Å². The average Bonchev–Trinajstić information content (AvgIpc) is 3.17. The van der Waals surface area contributed by atoms with Crippen LogP contribution in [0.25, 0.3) is 0 Å². The molecule has 2 aromatic carbocycles. The molecular formula is C24H27Cl2N2O+. The molecule has 3 aromatic rings. The zero-order chi connectivity index (χ0) is 20.5. The molecule has 0 aliphatic rings. The van der Waals surface area contributed by atoms with Crippen LogP contribution in [0.2, 0.25) is 10.0 Å². The summed E-state index contributed by atoms with van der Waals surface area (Å²) in [5.41, 5.74) is 2.30. The molecule has 1 heterocycles. The lowest BCUT2D eigenvalue weighted by atomic mass is 10.1. The van der Waals surface area contributed by atoms with Crippen LogP contribution in [0.3, 0.4) is 0 Å². The number of ether oxygens (including phenoxy) is 1. The Hall–Kier alpha value is -2.07. The van der Waals surface area contributed by atoms with Gasteiger partial charge in [0.2, 0.25) is 6.33 Å². The summed E-state index contributed by atoms with van der Waals surface area (Å²) in [6, 6.07) is 16.1. The van der Waals surface area contributed by atoms with E-state index in [2.05, 4.69) is 58.2 Å². The van der Waals surface area contributed by atoms with Crippen LogP contribution in [-0.2, 0) is 24.2 Å². The van der Waals surface area contributed by atoms with Crippen LogP contribution < -0.4 is 4.57 Å². The SMILES string of the molecule is CC=CCCOC(C[n+]1ccn(CCc2ccccc2)c1)c1ccc(Cl)cc1Cl. The van der Waals surface area contributed by atoms with E-state index >= 15 is 0 Å². The largest absolute Gasteiger partial charge is 0.369 e. The Morgan fingerprint density at radius 3 is 2.72 bits per heavy atom. The monoisotopic (exact) mass is 429 g/mol. The lowest BCUT2D eigenvalue weighted by Crippen LogP contribution is -2.35. The fourth-order valence-corrected chi connectivity index (χ4v) is 3.75. The van der Waals surface area contributed by atoms with E-state index in [1.54, 1.807) is 6.07 Å². The van der Waals surface area contributed by atoms with Gasteiger partial charge in [-0.1, -0.05) is 71.8 Å². The molecule has 5 heteroatoms. The van der Waals surface area contributed by atoms with Crippen molar-refractivity contribution in [3.8, 4) is 0 Å². The van der Waals surface area contributed by atoms with Gasteiger partial charge in [0.15, 0.2) is 0 Å². The standard InChI is InChI=1S/C24H27Cl2N2O/c1-2-3-7-16-29-24(22-11-10-21(25)17-23(22)26)18-28-15-14-27(19-28)13-12-20-8-5-4-6-9-20/h2-6,8-11,14-15,17,19,24H,7,12-13,16,18H2,1H3/q+1. The van der Waals surface area contributed by atoms with Crippen LogP contribution in [0.4, 0.5) is 0 Å². The first-order valence-electron chi connectivity index (χ1n) is 9.92. The summed E-state index contributed by atoms with van der Waals surface area (Å²) in [6.07, 6.45) is 12.2. The molecule has 0 saturated carbocycles. The first-order valence-corrected chi connectivity index (χ1v) is 10.7. The van der Waals surface area contributed by atoms with Gasteiger partial charge in [0.1, 0.15) is 25.0 Å². The van der Waals surface area contributed by atoms with Crippen molar-refractivity contribution in [1.82, 2.24) is 4.57 Å². The van der Waals surface area contributed by atoms with Gasteiger partial charge in [0, 0.05) is 22.0 Å². The molecule has 152 valence electrons. The molecule has 29 heavy (non-hydrogen) atoms. The van der Waals surface area contributed by atoms with Gasteiger partial charge in [0.05, 0.1) is 13.2 Å². The highest BCUT2D eigenvalue weighted by atomic mass is 35.5. The number of hydrogen-bond donors (Lipinski definition) is 0. The third kappa shape index (κ3) is 6.74. The topological polar surface area (TPSA) is 18.0 Å². The summed E-state index contributed by atoms with van der Waals surface area (Å²) in [5.74, 6) is 0.